The Kier molecular flexibility index (Phi) is 15.2. The van der Waals surface area contributed by atoms with E-state index in [0.717, 1.165) is 54.9 Å². The summed E-state index contributed by atoms with van der Waals surface area (Å²) >= 11 is 13.1. The molecule has 0 bridgehead atoms. The summed E-state index contributed by atoms with van der Waals surface area (Å²) < 4.78 is 11.7. The van der Waals surface area contributed by atoms with Gasteiger partial charge in [0.25, 0.3) is 11.8 Å². The summed E-state index contributed by atoms with van der Waals surface area (Å²) in [7, 11) is 6.44. The van der Waals surface area contributed by atoms with Crippen molar-refractivity contribution >= 4 is 115 Å². The highest BCUT2D eigenvalue weighted by molar-refractivity contribution is 6.34. The van der Waals surface area contributed by atoms with Gasteiger partial charge < -0.3 is 19.3 Å². The number of amides is 2. The predicted octanol–water partition coefficient (Wildman–Crippen LogP) is 17.7. The lowest BCUT2D eigenvalue weighted by Crippen LogP contribution is -2.27. The summed E-state index contributed by atoms with van der Waals surface area (Å²) in [6.45, 7) is 3.90. The number of methoxy groups -OCH3 is 2. The van der Waals surface area contributed by atoms with Gasteiger partial charge >= 0.3 is 0 Å². The van der Waals surface area contributed by atoms with Gasteiger partial charge in [0, 0.05) is 24.9 Å². The van der Waals surface area contributed by atoms with Crippen molar-refractivity contribution in [2.45, 2.75) is 13.8 Å². The van der Waals surface area contributed by atoms with E-state index < -0.39 is 0 Å². The van der Waals surface area contributed by atoms with Gasteiger partial charge in [-0.1, -0.05) is 157 Å². The largest absolute Gasteiger partial charge is 0.494 e. The van der Waals surface area contributed by atoms with E-state index in [1.54, 1.807) is 14.1 Å². The molecule has 0 heterocycles. The van der Waals surface area contributed by atoms with Crippen molar-refractivity contribution in [1.29, 1.82) is 0 Å². The van der Waals surface area contributed by atoms with E-state index in [-0.39, 0.29) is 11.8 Å². The van der Waals surface area contributed by atoms with Crippen molar-refractivity contribution in [2.24, 2.45) is 20.5 Å². The maximum Gasteiger partial charge on any atom is 0.261 e. The predicted molar refractivity (Wildman–Crippen MR) is 304 cm³/mol. The van der Waals surface area contributed by atoms with Crippen LogP contribution in [-0.4, -0.2) is 40.1 Å². The molecule has 0 aliphatic carbocycles. The second kappa shape index (κ2) is 22.4. The Balaban J connectivity index is 0.849. The molecule has 0 N–H and O–H groups in total. The summed E-state index contributed by atoms with van der Waals surface area (Å²) in [5.41, 5.74) is 10.1. The summed E-state index contributed by atoms with van der Waals surface area (Å²) in [6, 6.07) is 54.0. The number of carbonyl (C=O) groups is 2. The van der Waals surface area contributed by atoms with Gasteiger partial charge in [-0.2, -0.15) is 10.2 Å². The Morgan fingerprint density at radius 2 is 0.784 bits per heavy atom. The highest BCUT2D eigenvalue weighted by atomic mass is 35.5. The summed E-state index contributed by atoms with van der Waals surface area (Å²) in [5, 5.41) is 22.7. The fourth-order valence-corrected chi connectivity index (χ4v) is 9.24. The number of benzene rings is 9. The Bertz CT molecular complexity index is 3460. The fourth-order valence-electron chi connectivity index (χ4n) is 8.52. The number of carbonyl (C=O) groups excluding carboxylic acids is 2. The lowest BCUT2D eigenvalue weighted by Gasteiger charge is -2.21. The van der Waals surface area contributed by atoms with Gasteiger partial charge in [0.05, 0.1) is 58.1 Å². The third-order valence-corrected chi connectivity index (χ3v) is 13.2. The Hall–Kier alpha value is -8.70. The zero-order valence-corrected chi connectivity index (χ0v) is 43.1. The van der Waals surface area contributed by atoms with Crippen LogP contribution in [-0.2, 0) is 0 Å². The molecule has 0 saturated heterocycles. The zero-order chi connectivity index (χ0) is 51.9. The molecule has 0 unspecified atom stereocenters. The second-order valence-corrected chi connectivity index (χ2v) is 18.4. The van der Waals surface area contributed by atoms with Gasteiger partial charge in [-0.25, -0.2) is 0 Å². The molecule has 0 atom stereocenters. The zero-order valence-electron chi connectivity index (χ0n) is 41.5. The molecule has 9 rings (SSSR count). The van der Waals surface area contributed by atoms with E-state index in [0.29, 0.717) is 66.8 Å². The van der Waals surface area contributed by atoms with E-state index in [2.05, 4.69) is 56.9 Å². The molecule has 0 saturated carbocycles. The molecule has 0 aliphatic rings. The summed E-state index contributed by atoms with van der Waals surface area (Å²) in [6.07, 6.45) is 8.21. The van der Waals surface area contributed by atoms with E-state index >= 15 is 0 Å². The normalized spacial score (nSPS) is 11.7. The second-order valence-electron chi connectivity index (χ2n) is 17.6. The lowest BCUT2D eigenvalue weighted by molar-refractivity contribution is 0.0982. The standard InChI is InChI=1S/C62H50Cl2N6O4/c1-39-15-33-55(53(63)35-39)69(3)61(71)51-37-45-11-7-9-13-49(45)57(59(51)73-5)67-65-47-29-25-43(26-30-47)23-21-41-17-19-42(20-18-41)22-24-44-27-31-48(32-28-44)66-68-58-50-14-10-8-12-46(50)38-52(60(58)74-6)62(72)70(4)56-34-16-40(2)36-54(56)64/h7-38H,1-6H3. The molecule has 9 aromatic carbocycles. The number of aryl methyl sites for hydroxylation is 2. The van der Waals surface area contributed by atoms with E-state index in [4.69, 9.17) is 32.7 Å². The third-order valence-electron chi connectivity index (χ3n) is 12.5. The first-order valence-electron chi connectivity index (χ1n) is 23.7. The van der Waals surface area contributed by atoms with E-state index in [1.807, 2.05) is 172 Å². The first-order chi connectivity index (χ1) is 35.9. The fraction of sp³-hybridized carbons (Fsp3) is 0.0968. The number of nitrogens with zero attached hydrogens (tertiary/aromatic N) is 6. The number of anilines is 2. The number of azo groups is 2. The van der Waals surface area contributed by atoms with Crippen LogP contribution in [0.2, 0.25) is 10.0 Å². The van der Waals surface area contributed by atoms with Crippen LogP contribution in [0.25, 0.3) is 45.8 Å². The lowest BCUT2D eigenvalue weighted by atomic mass is 10.0. The van der Waals surface area contributed by atoms with Gasteiger partial charge in [0.15, 0.2) is 11.5 Å². The Morgan fingerprint density at radius 1 is 0.446 bits per heavy atom. The van der Waals surface area contributed by atoms with Crippen LogP contribution >= 0.6 is 23.2 Å². The van der Waals surface area contributed by atoms with Crippen molar-refractivity contribution in [2.75, 3.05) is 38.1 Å². The van der Waals surface area contributed by atoms with Crippen LogP contribution in [0.3, 0.4) is 0 Å². The van der Waals surface area contributed by atoms with Crippen molar-refractivity contribution in [3.05, 3.63) is 224 Å². The quantitative estimate of drug-likeness (QED) is 0.0798. The van der Waals surface area contributed by atoms with Crippen LogP contribution in [0.15, 0.2) is 190 Å². The van der Waals surface area contributed by atoms with Crippen LogP contribution in [0.5, 0.6) is 11.5 Å². The molecule has 9 aromatic rings. The molecule has 74 heavy (non-hydrogen) atoms. The molecule has 2 amide bonds. The van der Waals surface area contributed by atoms with Crippen LogP contribution in [0.4, 0.5) is 34.1 Å². The topological polar surface area (TPSA) is 109 Å². The molecule has 10 nitrogen and oxygen atoms in total. The number of ether oxygens (including phenoxy) is 2. The molecular weight excluding hydrogens is 964 g/mol. The number of hydrogen-bond acceptors (Lipinski definition) is 8. The van der Waals surface area contributed by atoms with Crippen LogP contribution < -0.4 is 19.3 Å². The first kappa shape index (κ1) is 50.2. The first-order valence-corrected chi connectivity index (χ1v) is 24.4. The highest BCUT2D eigenvalue weighted by Gasteiger charge is 2.26. The molecule has 0 aromatic heterocycles. The number of halogens is 2. The molecule has 366 valence electrons. The smallest absolute Gasteiger partial charge is 0.261 e. The molecule has 12 heteroatoms. The average molecular weight is 1010 g/mol. The highest BCUT2D eigenvalue weighted by Crippen LogP contribution is 2.43. The van der Waals surface area contributed by atoms with Gasteiger partial charge in [-0.3, -0.25) is 9.59 Å². The van der Waals surface area contributed by atoms with Crippen molar-refractivity contribution < 1.29 is 19.1 Å². The minimum Gasteiger partial charge on any atom is -0.494 e. The monoisotopic (exact) mass is 1010 g/mol. The Morgan fingerprint density at radius 3 is 1.12 bits per heavy atom. The van der Waals surface area contributed by atoms with E-state index in [1.165, 1.54) is 24.0 Å². The van der Waals surface area contributed by atoms with Crippen molar-refractivity contribution in [3.63, 3.8) is 0 Å². The molecular formula is C62H50Cl2N6O4. The summed E-state index contributed by atoms with van der Waals surface area (Å²) in [5.74, 6) is 0.0671. The minimum absolute atomic E-state index is 0.289. The SMILES string of the molecule is COc1c(C(=O)N(C)c2ccc(C)cc2Cl)cc2ccccc2c1N=Nc1ccc(C=Cc2ccc(C=Cc3ccc(N=Nc4c(OC)c(C(=O)N(C)c5ccc(C)cc5Cl)cc5ccccc45)cc3)cc2)cc1. The molecule has 0 fully saturated rings. The van der Waals surface area contributed by atoms with Crippen molar-refractivity contribution in [1.82, 2.24) is 0 Å². The van der Waals surface area contributed by atoms with Gasteiger partial charge in [0.1, 0.15) is 11.4 Å². The number of rotatable bonds is 14. The maximum atomic E-state index is 14.0. The number of fused-ring (bicyclic) bond motifs is 2. The molecule has 0 aliphatic heterocycles. The van der Waals surface area contributed by atoms with Crippen molar-refractivity contribution in [3.8, 4) is 11.5 Å². The molecule has 0 radical (unpaired) electrons. The Labute approximate surface area is 440 Å². The van der Waals surface area contributed by atoms with Gasteiger partial charge in [-0.15, -0.1) is 10.2 Å². The van der Waals surface area contributed by atoms with E-state index in [9.17, 15) is 9.59 Å². The van der Waals surface area contributed by atoms with Crippen LogP contribution in [0, 0.1) is 13.8 Å². The maximum absolute atomic E-state index is 14.0. The average Bonchev–Trinajstić information content (AvgIpc) is 3.42. The molecule has 0 spiro atoms. The van der Waals surface area contributed by atoms with Crippen LogP contribution in [0.1, 0.15) is 54.1 Å². The summed E-state index contributed by atoms with van der Waals surface area (Å²) in [4.78, 5) is 31.0. The number of hydrogen-bond donors (Lipinski definition) is 0. The third kappa shape index (κ3) is 11.0. The van der Waals surface area contributed by atoms with Gasteiger partial charge in [-0.05, 0) is 119 Å². The van der Waals surface area contributed by atoms with Gasteiger partial charge in [0.2, 0.25) is 0 Å². The minimum atomic E-state index is -0.289.